The predicted octanol–water partition coefficient (Wildman–Crippen LogP) is 12.2. The fourth-order valence-corrected chi connectivity index (χ4v) is 9.38. The molecule has 5 rings (SSSR count). The van der Waals surface area contributed by atoms with Gasteiger partial charge in [0.25, 0.3) is 0 Å². The highest BCUT2D eigenvalue weighted by Gasteiger charge is 2.41. The quantitative estimate of drug-likeness (QED) is 0.0449. The van der Waals surface area contributed by atoms with Crippen molar-refractivity contribution in [2.24, 2.45) is 0 Å². The number of hydrogen-bond donors (Lipinski definition) is 0. The highest BCUT2D eigenvalue weighted by Crippen LogP contribution is 2.34. The summed E-state index contributed by atoms with van der Waals surface area (Å²) in [7, 11) is 2.12. The Bertz CT molecular complexity index is 1700. The third-order valence-electron chi connectivity index (χ3n) is 10.3. The molecule has 0 aliphatic carbocycles. The first-order chi connectivity index (χ1) is 23.1. The van der Waals surface area contributed by atoms with Crippen LogP contribution < -0.4 is 5.19 Å². The highest BCUT2D eigenvalue weighted by molar-refractivity contribution is 6.75. The molecule has 5 aromatic carbocycles. The summed E-state index contributed by atoms with van der Waals surface area (Å²) in [6.45, 7) is 2.30. The Hall–Kier alpha value is -2.76. The van der Waals surface area contributed by atoms with E-state index in [1.807, 2.05) is 0 Å². The maximum absolute atomic E-state index is 5.89. The minimum atomic E-state index is -2.95. The van der Waals surface area contributed by atoms with Gasteiger partial charge in [0.05, 0.1) is 0 Å². The van der Waals surface area contributed by atoms with Crippen molar-refractivity contribution in [3.8, 4) is 0 Å². The van der Waals surface area contributed by atoms with E-state index in [1.165, 1.54) is 151 Å². The first kappa shape index (κ1) is 35.5. The first-order valence-electron chi connectivity index (χ1n) is 18.6. The Balaban J connectivity index is 1.25. The molecule has 0 saturated heterocycles. The van der Waals surface area contributed by atoms with Crippen molar-refractivity contribution < 1.29 is 13.3 Å². The van der Waals surface area contributed by atoms with Crippen molar-refractivity contribution in [2.45, 2.75) is 116 Å². The van der Waals surface area contributed by atoms with Crippen molar-refractivity contribution >= 4 is 57.1 Å². The van der Waals surface area contributed by atoms with Crippen molar-refractivity contribution in [3.05, 3.63) is 78.4 Å². The molecule has 252 valence electrons. The van der Waals surface area contributed by atoms with Gasteiger partial charge in [-0.2, -0.15) is 0 Å². The van der Waals surface area contributed by atoms with Crippen LogP contribution in [0, 0.1) is 0 Å². The van der Waals surface area contributed by atoms with Crippen LogP contribution in [-0.2, 0) is 19.7 Å². The second-order valence-electron chi connectivity index (χ2n) is 13.6. The molecule has 0 spiro atoms. The topological polar surface area (TPSA) is 27.7 Å². The lowest BCUT2D eigenvalue weighted by atomic mass is 9.91. The molecule has 0 fully saturated rings. The average Bonchev–Trinajstić information content (AvgIpc) is 3.10. The molecule has 0 heterocycles. The van der Waals surface area contributed by atoms with Crippen LogP contribution in [0.5, 0.6) is 0 Å². The molecule has 0 aromatic heterocycles. The molecule has 0 radical (unpaired) electrons. The number of fused-ring (bicyclic) bond motifs is 4. The zero-order valence-corrected chi connectivity index (χ0v) is 30.7. The van der Waals surface area contributed by atoms with Crippen LogP contribution in [0.25, 0.3) is 43.1 Å². The molecule has 0 aliphatic rings. The van der Waals surface area contributed by atoms with Gasteiger partial charge in [0.1, 0.15) is 0 Å². The Morgan fingerprint density at radius 2 is 0.872 bits per heavy atom. The lowest BCUT2D eigenvalue weighted by Gasteiger charge is -2.25. The molecular weight excluding hydrogens is 593 g/mol. The molecule has 0 bridgehead atoms. The number of rotatable bonds is 21. The van der Waals surface area contributed by atoms with Gasteiger partial charge in [-0.05, 0) is 97.9 Å². The van der Waals surface area contributed by atoms with Crippen LogP contribution in [0.15, 0.2) is 72.8 Å². The maximum atomic E-state index is 5.89. The van der Waals surface area contributed by atoms with Crippen molar-refractivity contribution in [1.29, 1.82) is 0 Å². The monoisotopic (exact) mass is 650 g/mol. The molecular formula is C43H58O3Si. The van der Waals surface area contributed by atoms with Crippen molar-refractivity contribution in [3.63, 3.8) is 0 Å². The summed E-state index contributed by atoms with van der Waals surface area (Å²) in [5, 5.41) is 11.4. The summed E-state index contributed by atoms with van der Waals surface area (Å²) in [6, 6.07) is 27.2. The normalized spacial score (nSPS) is 12.3. The Morgan fingerprint density at radius 3 is 1.40 bits per heavy atom. The lowest BCUT2D eigenvalue weighted by Crippen LogP contribution is -2.54. The predicted molar refractivity (Wildman–Crippen MR) is 206 cm³/mol. The average molecular weight is 651 g/mol. The zero-order chi connectivity index (χ0) is 32.9. The molecule has 47 heavy (non-hydrogen) atoms. The lowest BCUT2D eigenvalue weighted by molar-refractivity contribution is 0.140. The smallest absolute Gasteiger partial charge is 0.373 e. The molecule has 5 aromatic rings. The van der Waals surface area contributed by atoms with Gasteiger partial charge in [-0.1, -0.05) is 140 Å². The van der Waals surface area contributed by atoms with Crippen molar-refractivity contribution in [1.82, 2.24) is 0 Å². The number of benzene rings is 5. The van der Waals surface area contributed by atoms with Gasteiger partial charge < -0.3 is 13.3 Å². The number of unbranched alkanes of at least 4 members (excludes halogenated alkanes) is 15. The van der Waals surface area contributed by atoms with Gasteiger partial charge in [0, 0.05) is 26.5 Å². The van der Waals surface area contributed by atoms with Crippen molar-refractivity contribution in [2.75, 3.05) is 21.3 Å². The molecule has 0 saturated carbocycles. The van der Waals surface area contributed by atoms with Gasteiger partial charge in [-0.3, -0.25) is 0 Å². The Labute approximate surface area is 285 Å². The van der Waals surface area contributed by atoms with Crippen LogP contribution in [0.2, 0.25) is 0 Å². The molecule has 0 aliphatic heterocycles. The first-order valence-corrected chi connectivity index (χ1v) is 20.3. The minimum absolute atomic E-state index is 1.01. The molecule has 0 unspecified atom stereocenters. The third kappa shape index (κ3) is 9.03. The number of hydrogen-bond acceptors (Lipinski definition) is 3. The van der Waals surface area contributed by atoms with Crippen LogP contribution in [-0.4, -0.2) is 30.1 Å². The fourth-order valence-electron chi connectivity index (χ4n) is 7.56. The molecule has 0 atom stereocenters. The third-order valence-corrected chi connectivity index (χ3v) is 13.0. The van der Waals surface area contributed by atoms with Crippen LogP contribution in [0.1, 0.15) is 115 Å². The van der Waals surface area contributed by atoms with E-state index in [1.54, 1.807) is 21.3 Å². The SMILES string of the molecule is CCCCCCCCCCCCCCCCCCc1c2cc([Si](OC)(OC)OC)ccc2cc2cc3cc4ccccc4cc3cc12. The zero-order valence-electron chi connectivity index (χ0n) is 29.7. The molecule has 0 N–H and O–H groups in total. The standard InChI is InChI=1S/C43H58O3Si/c1-5-6-7-8-9-10-11-12-13-14-15-16-17-18-19-20-25-41-42-32-38-29-35-24-22-21-23-34(35)28-37(38)31-39(42)30-36-26-27-40(33-43(36)41)47(44-2,45-3)46-4/h21-24,26-33H,5-20,25H2,1-4H3. The van der Waals surface area contributed by atoms with Gasteiger partial charge in [-0.15, -0.1) is 0 Å². The second-order valence-corrected chi connectivity index (χ2v) is 16.5. The van der Waals surface area contributed by atoms with Crippen LogP contribution in [0.4, 0.5) is 0 Å². The summed E-state index contributed by atoms with van der Waals surface area (Å²) >= 11 is 0. The van der Waals surface area contributed by atoms with E-state index in [9.17, 15) is 0 Å². The van der Waals surface area contributed by atoms with E-state index in [0.29, 0.717) is 0 Å². The van der Waals surface area contributed by atoms with E-state index >= 15 is 0 Å². The summed E-state index contributed by atoms with van der Waals surface area (Å²) in [6.07, 6.45) is 23.3. The largest absolute Gasteiger partial charge is 0.536 e. The van der Waals surface area contributed by atoms with Crippen LogP contribution >= 0.6 is 0 Å². The van der Waals surface area contributed by atoms with Gasteiger partial charge >= 0.3 is 8.80 Å². The summed E-state index contributed by atoms with van der Waals surface area (Å²) < 4.78 is 17.7. The maximum Gasteiger partial charge on any atom is 0.536 e. The second kappa shape index (κ2) is 18.1. The van der Waals surface area contributed by atoms with E-state index in [2.05, 4.69) is 79.7 Å². The summed E-state index contributed by atoms with van der Waals surface area (Å²) in [4.78, 5) is 0. The van der Waals surface area contributed by atoms with Gasteiger partial charge in [0.15, 0.2) is 0 Å². The van der Waals surface area contributed by atoms with Crippen LogP contribution in [0.3, 0.4) is 0 Å². The van der Waals surface area contributed by atoms with E-state index in [-0.39, 0.29) is 0 Å². The van der Waals surface area contributed by atoms with E-state index in [4.69, 9.17) is 13.3 Å². The van der Waals surface area contributed by atoms with E-state index < -0.39 is 8.80 Å². The number of aryl methyl sites for hydroxylation is 1. The summed E-state index contributed by atoms with van der Waals surface area (Å²) in [5.74, 6) is 0. The van der Waals surface area contributed by atoms with Gasteiger partial charge in [-0.25, -0.2) is 0 Å². The Kier molecular flexibility index (Phi) is 13.7. The molecule has 3 nitrogen and oxygen atoms in total. The Morgan fingerprint density at radius 1 is 0.426 bits per heavy atom. The molecule has 4 heteroatoms. The van der Waals surface area contributed by atoms with Gasteiger partial charge in [0.2, 0.25) is 0 Å². The minimum Gasteiger partial charge on any atom is -0.373 e. The van der Waals surface area contributed by atoms with E-state index in [0.717, 1.165) is 11.6 Å². The molecule has 0 amide bonds. The summed E-state index contributed by atoms with van der Waals surface area (Å²) in [5.41, 5.74) is 1.44. The fraction of sp³-hybridized carbons (Fsp3) is 0.488. The highest BCUT2D eigenvalue weighted by atomic mass is 28.4.